The van der Waals surface area contributed by atoms with Crippen molar-refractivity contribution in [3.05, 3.63) is 0 Å². The second kappa shape index (κ2) is 5.02. The van der Waals surface area contributed by atoms with Crippen molar-refractivity contribution in [2.75, 3.05) is 0 Å². The van der Waals surface area contributed by atoms with Crippen LogP contribution in [0.1, 0.15) is 34.6 Å². The first-order valence-electron chi connectivity index (χ1n) is 5.90. The standard InChI is InChI=1S/C11H22N2O2SSi/c1-6(11(3,4)5)17-13-9(15)8(10(13)16)12-7(2)14/h6,8,10,16H,17H2,1-5H3,(H,12,14)/t6?,8-,10-/m1/s1. The summed E-state index contributed by atoms with van der Waals surface area (Å²) in [4.78, 5) is 22.8. The van der Waals surface area contributed by atoms with Gasteiger partial charge in [0.05, 0.1) is 5.37 Å². The zero-order valence-electron chi connectivity index (χ0n) is 11.2. The van der Waals surface area contributed by atoms with Crippen LogP contribution in [0.2, 0.25) is 5.54 Å². The molecule has 98 valence electrons. The van der Waals surface area contributed by atoms with Crippen LogP contribution in [0, 0.1) is 5.41 Å². The topological polar surface area (TPSA) is 49.4 Å². The molecular formula is C11H22N2O2SSi. The molecule has 1 N–H and O–H groups in total. The van der Waals surface area contributed by atoms with Crippen LogP contribution >= 0.6 is 12.6 Å². The monoisotopic (exact) mass is 274 g/mol. The Kier molecular flexibility index (Phi) is 4.30. The third-order valence-corrected chi connectivity index (χ3v) is 7.23. The number of carbonyl (C=O) groups excluding carboxylic acids is 2. The van der Waals surface area contributed by atoms with Gasteiger partial charge in [0.25, 0.3) is 0 Å². The summed E-state index contributed by atoms with van der Waals surface area (Å²) in [6.07, 6.45) is 0. The van der Waals surface area contributed by atoms with Crippen molar-refractivity contribution in [3.63, 3.8) is 0 Å². The molecule has 2 amide bonds. The van der Waals surface area contributed by atoms with Gasteiger partial charge in [0.2, 0.25) is 11.8 Å². The van der Waals surface area contributed by atoms with Crippen molar-refractivity contribution < 1.29 is 9.59 Å². The number of β-lactam (4-membered cyclic amide) rings is 1. The van der Waals surface area contributed by atoms with E-state index in [1.165, 1.54) is 6.92 Å². The molecule has 0 aromatic carbocycles. The predicted molar refractivity (Wildman–Crippen MR) is 74.6 cm³/mol. The summed E-state index contributed by atoms with van der Waals surface area (Å²) < 4.78 is 1.86. The van der Waals surface area contributed by atoms with Gasteiger partial charge < -0.3 is 9.88 Å². The molecule has 1 rings (SSSR count). The molecule has 0 saturated carbocycles. The van der Waals surface area contributed by atoms with Gasteiger partial charge in [-0.2, -0.15) is 12.6 Å². The zero-order valence-corrected chi connectivity index (χ0v) is 13.5. The van der Waals surface area contributed by atoms with Crippen molar-refractivity contribution in [1.82, 2.24) is 9.88 Å². The number of thiol groups is 1. The van der Waals surface area contributed by atoms with Crippen LogP contribution in [0.5, 0.6) is 0 Å². The molecule has 0 radical (unpaired) electrons. The molecule has 3 atom stereocenters. The smallest absolute Gasteiger partial charge is 0.240 e. The molecule has 1 unspecified atom stereocenters. The quantitative estimate of drug-likeness (QED) is 0.448. The van der Waals surface area contributed by atoms with E-state index in [-0.39, 0.29) is 22.6 Å². The average molecular weight is 274 g/mol. The van der Waals surface area contributed by atoms with E-state index in [0.29, 0.717) is 5.54 Å². The van der Waals surface area contributed by atoms with Gasteiger partial charge in [-0.15, -0.1) is 0 Å². The molecule has 17 heavy (non-hydrogen) atoms. The third-order valence-electron chi connectivity index (χ3n) is 3.47. The first-order chi connectivity index (χ1) is 7.64. The lowest BCUT2D eigenvalue weighted by Crippen LogP contribution is -2.69. The van der Waals surface area contributed by atoms with Gasteiger partial charge in [0.15, 0.2) is 0 Å². The van der Waals surface area contributed by atoms with E-state index in [4.69, 9.17) is 0 Å². The molecule has 1 fully saturated rings. The fourth-order valence-electron chi connectivity index (χ4n) is 1.66. The number of amides is 2. The lowest BCUT2D eigenvalue weighted by Gasteiger charge is -2.47. The Morgan fingerprint density at radius 3 is 2.41 bits per heavy atom. The molecular weight excluding hydrogens is 252 g/mol. The van der Waals surface area contributed by atoms with E-state index in [2.05, 4.69) is 45.6 Å². The molecule has 0 spiro atoms. The molecule has 0 aliphatic carbocycles. The van der Waals surface area contributed by atoms with E-state index < -0.39 is 15.7 Å². The SMILES string of the molecule is CC(=O)N[C@@H]1C(=O)N([SiH2]C(C)C(C)(C)C)[C@@H]1S. The average Bonchev–Trinajstić information content (AvgIpc) is 2.20. The van der Waals surface area contributed by atoms with Gasteiger partial charge in [-0.05, 0) is 11.0 Å². The molecule has 1 heterocycles. The Morgan fingerprint density at radius 2 is 2.06 bits per heavy atom. The lowest BCUT2D eigenvalue weighted by atomic mass is 9.93. The number of nitrogens with one attached hydrogen (secondary N) is 1. The van der Waals surface area contributed by atoms with Crippen molar-refractivity contribution in [2.24, 2.45) is 5.41 Å². The van der Waals surface area contributed by atoms with E-state index in [1.54, 1.807) is 0 Å². The highest BCUT2D eigenvalue weighted by atomic mass is 32.1. The maximum absolute atomic E-state index is 11.9. The van der Waals surface area contributed by atoms with Crippen molar-refractivity contribution >= 4 is 34.1 Å². The van der Waals surface area contributed by atoms with E-state index in [9.17, 15) is 9.59 Å². The Labute approximate surface area is 111 Å². The number of rotatable bonds is 3. The second-order valence-electron chi connectivity index (χ2n) is 5.85. The van der Waals surface area contributed by atoms with Crippen molar-refractivity contribution in [1.29, 1.82) is 0 Å². The first kappa shape index (κ1) is 14.6. The van der Waals surface area contributed by atoms with Gasteiger partial charge >= 0.3 is 0 Å². The summed E-state index contributed by atoms with van der Waals surface area (Å²) in [5.41, 5.74) is 0.749. The van der Waals surface area contributed by atoms with E-state index in [0.717, 1.165) is 0 Å². The summed E-state index contributed by atoms with van der Waals surface area (Å²) in [6.45, 7) is 10.2. The fourth-order valence-corrected chi connectivity index (χ4v) is 4.20. The number of nitrogens with zero attached hydrogens (tertiary/aromatic N) is 1. The molecule has 4 nitrogen and oxygen atoms in total. The maximum Gasteiger partial charge on any atom is 0.240 e. The van der Waals surface area contributed by atoms with Crippen molar-refractivity contribution in [2.45, 2.75) is 51.6 Å². The second-order valence-corrected chi connectivity index (χ2v) is 8.65. The summed E-state index contributed by atoms with van der Waals surface area (Å²) >= 11 is 4.40. The summed E-state index contributed by atoms with van der Waals surface area (Å²) in [5, 5.41) is 2.50. The number of hydrogen-bond acceptors (Lipinski definition) is 3. The Hall–Kier alpha value is -0.493. The van der Waals surface area contributed by atoms with Crippen LogP contribution in [0.3, 0.4) is 0 Å². The maximum atomic E-state index is 11.9. The first-order valence-corrected chi connectivity index (χ1v) is 7.86. The normalized spacial score (nSPS) is 27.2. The van der Waals surface area contributed by atoms with Crippen LogP contribution in [0.4, 0.5) is 0 Å². The van der Waals surface area contributed by atoms with Gasteiger partial charge in [0, 0.05) is 6.92 Å². The Morgan fingerprint density at radius 1 is 1.53 bits per heavy atom. The van der Waals surface area contributed by atoms with Gasteiger partial charge in [-0.25, -0.2) is 0 Å². The number of carbonyl (C=O) groups is 2. The Bertz CT molecular complexity index is 330. The number of hydrogen-bond donors (Lipinski definition) is 2. The van der Waals surface area contributed by atoms with Crippen LogP contribution < -0.4 is 5.32 Å². The molecule has 0 bridgehead atoms. The highest BCUT2D eigenvalue weighted by molar-refractivity contribution is 7.81. The largest absolute Gasteiger partial charge is 0.360 e. The molecule has 1 aliphatic rings. The molecule has 1 aliphatic heterocycles. The predicted octanol–water partition coefficient (Wildman–Crippen LogP) is 0.527. The lowest BCUT2D eigenvalue weighted by molar-refractivity contribution is -0.141. The minimum absolute atomic E-state index is 0.0305. The highest BCUT2D eigenvalue weighted by Gasteiger charge is 2.46. The summed E-state index contributed by atoms with van der Waals surface area (Å²) in [7, 11) is -0.662. The van der Waals surface area contributed by atoms with Crippen molar-refractivity contribution in [3.8, 4) is 0 Å². The Balaban J connectivity index is 2.55. The van der Waals surface area contributed by atoms with Crippen LogP contribution in [0.15, 0.2) is 0 Å². The molecule has 1 saturated heterocycles. The van der Waals surface area contributed by atoms with Crippen LogP contribution in [-0.2, 0) is 9.59 Å². The van der Waals surface area contributed by atoms with Crippen LogP contribution in [0.25, 0.3) is 0 Å². The van der Waals surface area contributed by atoms with Gasteiger partial charge in [0.1, 0.15) is 15.7 Å². The molecule has 0 aromatic heterocycles. The minimum atomic E-state index is -0.662. The minimum Gasteiger partial charge on any atom is -0.360 e. The molecule has 6 heteroatoms. The van der Waals surface area contributed by atoms with E-state index >= 15 is 0 Å². The van der Waals surface area contributed by atoms with Gasteiger partial charge in [-0.1, -0.05) is 27.7 Å². The zero-order chi connectivity index (χ0) is 13.4. The third kappa shape index (κ3) is 3.25. The summed E-state index contributed by atoms with van der Waals surface area (Å²) in [5.74, 6) is -0.143. The highest BCUT2D eigenvalue weighted by Crippen LogP contribution is 2.33. The molecule has 0 aromatic rings. The summed E-state index contributed by atoms with van der Waals surface area (Å²) in [6, 6.07) is -0.421. The van der Waals surface area contributed by atoms with E-state index in [1.807, 2.05) is 4.57 Å². The van der Waals surface area contributed by atoms with Crippen LogP contribution in [-0.4, -0.2) is 37.5 Å². The van der Waals surface area contributed by atoms with Gasteiger partial charge in [-0.3, -0.25) is 9.59 Å². The fraction of sp³-hybridized carbons (Fsp3) is 0.818.